The molecule has 5 heteroatoms. The van der Waals surface area contributed by atoms with E-state index in [-0.39, 0.29) is 37.5 Å². The number of piperazine rings is 1. The Morgan fingerprint density at radius 1 is 1.27 bits per heavy atom. The van der Waals surface area contributed by atoms with Crippen LogP contribution in [0.2, 0.25) is 0 Å². The minimum absolute atomic E-state index is 0. The van der Waals surface area contributed by atoms with Crippen molar-refractivity contribution in [1.82, 2.24) is 10.6 Å². The van der Waals surface area contributed by atoms with Crippen LogP contribution in [0.1, 0.15) is 6.92 Å². The van der Waals surface area contributed by atoms with Crippen LogP contribution in [0.15, 0.2) is 0 Å². The molecule has 1 saturated heterocycles. The molecule has 0 unspecified atom stereocenters. The van der Waals surface area contributed by atoms with E-state index >= 15 is 0 Å². The molecule has 11 heavy (non-hydrogen) atoms. The van der Waals surface area contributed by atoms with Crippen molar-refractivity contribution in [1.29, 1.82) is 0 Å². The normalized spacial score (nSPS) is 30.0. The van der Waals surface area contributed by atoms with Gasteiger partial charge in [0.15, 0.2) is 0 Å². The van der Waals surface area contributed by atoms with E-state index in [4.69, 9.17) is 5.11 Å². The van der Waals surface area contributed by atoms with Crippen LogP contribution in [0, 0.1) is 0 Å². The van der Waals surface area contributed by atoms with Gasteiger partial charge in [-0.05, 0) is 6.92 Å². The van der Waals surface area contributed by atoms with Crippen LogP contribution in [0.5, 0.6) is 0 Å². The highest BCUT2D eigenvalue weighted by Crippen LogP contribution is 1.90. The molecule has 0 saturated carbocycles. The number of halogens is 2. The third-order valence-electron chi connectivity index (χ3n) is 1.65. The van der Waals surface area contributed by atoms with Crippen molar-refractivity contribution >= 4 is 24.8 Å². The molecule has 3 nitrogen and oxygen atoms in total. The van der Waals surface area contributed by atoms with Crippen LogP contribution in [-0.2, 0) is 0 Å². The highest BCUT2D eigenvalue weighted by atomic mass is 35.5. The summed E-state index contributed by atoms with van der Waals surface area (Å²) >= 11 is 0. The van der Waals surface area contributed by atoms with Gasteiger partial charge in [0.1, 0.15) is 0 Å². The van der Waals surface area contributed by atoms with Crippen LogP contribution in [0.4, 0.5) is 0 Å². The van der Waals surface area contributed by atoms with Gasteiger partial charge in [-0.1, -0.05) is 0 Å². The first-order valence-electron chi connectivity index (χ1n) is 3.40. The maximum atomic E-state index is 8.67. The molecule has 1 rings (SSSR count). The number of aliphatic hydroxyl groups excluding tert-OH is 1. The molecule has 1 aliphatic heterocycles. The summed E-state index contributed by atoms with van der Waals surface area (Å²) in [6, 6.07) is 0.814. The van der Waals surface area contributed by atoms with E-state index in [0.717, 1.165) is 13.1 Å². The SMILES string of the molecule is C[C@H]1CN[C@H](CO)CN1.Cl.Cl. The third-order valence-corrected chi connectivity index (χ3v) is 1.65. The Balaban J connectivity index is 0. The van der Waals surface area contributed by atoms with Crippen molar-refractivity contribution in [3.63, 3.8) is 0 Å². The Morgan fingerprint density at radius 2 is 1.91 bits per heavy atom. The van der Waals surface area contributed by atoms with Gasteiger partial charge < -0.3 is 15.7 Å². The van der Waals surface area contributed by atoms with Gasteiger partial charge in [-0.25, -0.2) is 0 Å². The average Bonchev–Trinajstić information content (AvgIpc) is 1.90. The Labute approximate surface area is 79.8 Å². The highest BCUT2D eigenvalue weighted by Gasteiger charge is 2.14. The second-order valence-electron chi connectivity index (χ2n) is 2.60. The maximum Gasteiger partial charge on any atom is 0.0597 e. The second kappa shape index (κ2) is 7.13. The lowest BCUT2D eigenvalue weighted by molar-refractivity contribution is 0.216. The molecular formula is C6H16Cl2N2O. The summed E-state index contributed by atoms with van der Waals surface area (Å²) in [5, 5.41) is 15.1. The van der Waals surface area contributed by atoms with E-state index < -0.39 is 0 Å². The number of hydrogen-bond donors (Lipinski definition) is 3. The predicted octanol–water partition coefficient (Wildman–Crippen LogP) is -0.228. The molecule has 1 heterocycles. The highest BCUT2D eigenvalue weighted by molar-refractivity contribution is 5.85. The van der Waals surface area contributed by atoms with Gasteiger partial charge in [-0.2, -0.15) is 0 Å². The average molecular weight is 203 g/mol. The second-order valence-corrected chi connectivity index (χ2v) is 2.60. The van der Waals surface area contributed by atoms with Crippen LogP contribution in [-0.4, -0.2) is 36.9 Å². The summed E-state index contributed by atoms with van der Waals surface area (Å²) in [5.41, 5.74) is 0. The molecular weight excluding hydrogens is 187 g/mol. The molecule has 0 aromatic heterocycles. The van der Waals surface area contributed by atoms with Gasteiger partial charge in [0.05, 0.1) is 6.61 Å². The van der Waals surface area contributed by atoms with Gasteiger partial charge in [0.2, 0.25) is 0 Å². The lowest BCUT2D eigenvalue weighted by Gasteiger charge is -2.27. The molecule has 0 spiro atoms. The monoisotopic (exact) mass is 202 g/mol. The van der Waals surface area contributed by atoms with Crippen molar-refractivity contribution in [3.8, 4) is 0 Å². The van der Waals surface area contributed by atoms with E-state index in [1.807, 2.05) is 0 Å². The largest absolute Gasteiger partial charge is 0.395 e. The Morgan fingerprint density at radius 3 is 2.27 bits per heavy atom. The van der Waals surface area contributed by atoms with E-state index in [0.29, 0.717) is 6.04 Å². The number of hydrogen-bond acceptors (Lipinski definition) is 3. The fraction of sp³-hybridized carbons (Fsp3) is 1.00. The predicted molar refractivity (Wildman–Crippen MR) is 50.8 cm³/mol. The molecule has 1 aliphatic rings. The van der Waals surface area contributed by atoms with Crippen molar-refractivity contribution < 1.29 is 5.11 Å². The molecule has 0 aliphatic carbocycles. The smallest absolute Gasteiger partial charge is 0.0597 e. The van der Waals surface area contributed by atoms with Crippen molar-refractivity contribution in [2.45, 2.75) is 19.0 Å². The number of aliphatic hydroxyl groups is 1. The molecule has 0 bridgehead atoms. The molecule has 3 N–H and O–H groups in total. The zero-order valence-corrected chi connectivity index (χ0v) is 8.17. The lowest BCUT2D eigenvalue weighted by Crippen LogP contribution is -2.54. The summed E-state index contributed by atoms with van der Waals surface area (Å²) in [4.78, 5) is 0. The van der Waals surface area contributed by atoms with Crippen LogP contribution in [0.3, 0.4) is 0 Å². The fourth-order valence-corrected chi connectivity index (χ4v) is 0.960. The fourth-order valence-electron chi connectivity index (χ4n) is 0.960. The summed E-state index contributed by atoms with van der Waals surface area (Å²) in [6.45, 7) is 4.21. The quantitative estimate of drug-likeness (QED) is 0.551. The first kappa shape index (κ1) is 14.0. The van der Waals surface area contributed by atoms with Crippen molar-refractivity contribution in [2.24, 2.45) is 0 Å². The van der Waals surface area contributed by atoms with E-state index in [1.165, 1.54) is 0 Å². The van der Waals surface area contributed by atoms with Crippen LogP contribution < -0.4 is 10.6 Å². The molecule has 0 amide bonds. The number of nitrogens with one attached hydrogen (secondary N) is 2. The molecule has 0 radical (unpaired) electrons. The zero-order valence-electron chi connectivity index (χ0n) is 6.54. The maximum absolute atomic E-state index is 8.67. The summed E-state index contributed by atoms with van der Waals surface area (Å²) in [5.74, 6) is 0. The zero-order chi connectivity index (χ0) is 6.69. The lowest BCUT2D eigenvalue weighted by atomic mass is 10.2. The van der Waals surface area contributed by atoms with Gasteiger partial charge in [-0.15, -0.1) is 24.8 Å². The van der Waals surface area contributed by atoms with E-state index in [2.05, 4.69) is 17.6 Å². The molecule has 70 valence electrons. The first-order chi connectivity index (χ1) is 4.33. The van der Waals surface area contributed by atoms with Gasteiger partial charge in [0, 0.05) is 25.2 Å². The van der Waals surface area contributed by atoms with Gasteiger partial charge in [-0.3, -0.25) is 0 Å². The van der Waals surface area contributed by atoms with E-state index in [9.17, 15) is 0 Å². The first-order valence-corrected chi connectivity index (χ1v) is 3.40. The minimum atomic E-state index is 0. The van der Waals surface area contributed by atoms with Crippen LogP contribution >= 0.6 is 24.8 Å². The minimum Gasteiger partial charge on any atom is -0.395 e. The standard InChI is InChI=1S/C6H14N2O.2ClH/c1-5-2-8-6(4-9)3-7-5;;/h5-9H,2-4H2,1H3;2*1H/t5-,6-;;/m0../s1. The van der Waals surface area contributed by atoms with Gasteiger partial charge in [0.25, 0.3) is 0 Å². The van der Waals surface area contributed by atoms with Gasteiger partial charge >= 0.3 is 0 Å². The Bertz CT molecular complexity index is 86.7. The summed E-state index contributed by atoms with van der Waals surface area (Å²) < 4.78 is 0. The Hall–Kier alpha value is 0.460. The van der Waals surface area contributed by atoms with Crippen molar-refractivity contribution in [3.05, 3.63) is 0 Å². The molecule has 2 atom stereocenters. The van der Waals surface area contributed by atoms with Crippen LogP contribution in [0.25, 0.3) is 0 Å². The molecule has 0 aromatic rings. The summed E-state index contributed by atoms with van der Waals surface area (Å²) in [7, 11) is 0. The van der Waals surface area contributed by atoms with E-state index in [1.54, 1.807) is 0 Å². The number of rotatable bonds is 1. The topological polar surface area (TPSA) is 44.3 Å². The Kier molecular flexibility index (Phi) is 9.08. The third kappa shape index (κ3) is 4.82. The molecule has 0 aromatic carbocycles. The molecule has 1 fully saturated rings. The van der Waals surface area contributed by atoms with Crippen molar-refractivity contribution in [2.75, 3.05) is 19.7 Å². The summed E-state index contributed by atoms with van der Waals surface area (Å²) in [6.07, 6.45) is 0.